The quantitative estimate of drug-likeness (QED) is 0.824. The Morgan fingerprint density at radius 3 is 2.36 bits per heavy atom. The molecule has 0 heterocycles. The smallest absolute Gasteiger partial charge is 0.418 e. The molecule has 1 aromatic rings. The molecule has 0 aliphatic rings. The zero-order valence-electron chi connectivity index (χ0n) is 6.72. The molecule has 0 aromatic heterocycles. The van der Waals surface area contributed by atoms with E-state index in [-0.39, 0.29) is 0 Å². The van der Waals surface area contributed by atoms with Gasteiger partial charge in [-0.3, -0.25) is 0 Å². The summed E-state index contributed by atoms with van der Waals surface area (Å²) in [6, 6.07) is 3.48. The molecule has 0 spiro atoms. The fourth-order valence-electron chi connectivity index (χ4n) is 0.921. The lowest BCUT2D eigenvalue weighted by atomic mass is 10.1. The molecule has 0 saturated carbocycles. The minimum Gasteiger partial charge on any atom is -0.508 e. The van der Waals surface area contributed by atoms with Gasteiger partial charge in [-0.2, -0.15) is 13.2 Å². The largest absolute Gasteiger partial charge is 0.508 e. The van der Waals surface area contributed by atoms with Crippen LogP contribution in [0.4, 0.5) is 13.2 Å². The number of aliphatic hydroxyl groups is 1. The number of phenolic OH excluding ortho intramolecular Hbond substituents is 1. The molecule has 1 atom stereocenters. The van der Waals surface area contributed by atoms with Crippen molar-refractivity contribution in [1.82, 2.24) is 0 Å². The van der Waals surface area contributed by atoms with Crippen LogP contribution in [-0.2, 0) is 0 Å². The Morgan fingerprint density at radius 2 is 1.86 bits per heavy atom. The third-order valence-electron chi connectivity index (χ3n) is 1.59. The summed E-state index contributed by atoms with van der Waals surface area (Å²) >= 11 is 2.94. The van der Waals surface area contributed by atoms with Crippen LogP contribution in [0, 0.1) is 0 Å². The number of rotatable bonds is 1. The van der Waals surface area contributed by atoms with Gasteiger partial charge in [0.15, 0.2) is 6.10 Å². The van der Waals surface area contributed by atoms with E-state index in [9.17, 15) is 13.2 Å². The van der Waals surface area contributed by atoms with Gasteiger partial charge in [0.05, 0.1) is 0 Å². The first kappa shape index (κ1) is 11.3. The zero-order valence-corrected chi connectivity index (χ0v) is 8.30. The van der Waals surface area contributed by atoms with Crippen LogP contribution in [0.25, 0.3) is 0 Å². The molecular formula is C8H6BrF3O2. The number of benzene rings is 1. The Balaban J connectivity index is 3.12. The second-order valence-electron chi connectivity index (χ2n) is 2.65. The zero-order chi connectivity index (χ0) is 10.9. The predicted molar refractivity (Wildman–Crippen MR) is 46.8 cm³/mol. The van der Waals surface area contributed by atoms with E-state index in [1.165, 1.54) is 6.07 Å². The molecule has 14 heavy (non-hydrogen) atoms. The van der Waals surface area contributed by atoms with E-state index in [1.807, 2.05) is 0 Å². The Morgan fingerprint density at radius 1 is 1.29 bits per heavy atom. The standard InChI is InChI=1S/C8H6BrF3O2/c9-4-1-2-6(13)5(3-4)7(14)8(10,11)12/h1-3,7,13-14H/t7-/m0/s1. The van der Waals surface area contributed by atoms with Crippen molar-refractivity contribution in [2.24, 2.45) is 0 Å². The first-order chi connectivity index (χ1) is 6.32. The lowest BCUT2D eigenvalue weighted by molar-refractivity contribution is -0.207. The molecule has 0 saturated heterocycles. The lowest BCUT2D eigenvalue weighted by Crippen LogP contribution is -2.20. The molecule has 1 aromatic carbocycles. The molecule has 2 N–H and O–H groups in total. The maximum Gasteiger partial charge on any atom is 0.418 e. The summed E-state index contributed by atoms with van der Waals surface area (Å²) in [6.45, 7) is 0. The van der Waals surface area contributed by atoms with Crippen molar-refractivity contribution in [3.63, 3.8) is 0 Å². The molecule has 0 fully saturated rings. The number of phenols is 1. The highest BCUT2D eigenvalue weighted by molar-refractivity contribution is 9.10. The average molecular weight is 271 g/mol. The van der Waals surface area contributed by atoms with Gasteiger partial charge >= 0.3 is 6.18 Å². The summed E-state index contributed by atoms with van der Waals surface area (Å²) in [4.78, 5) is 0. The second kappa shape index (κ2) is 3.78. The van der Waals surface area contributed by atoms with Gasteiger partial charge in [0.1, 0.15) is 5.75 Å². The number of hydrogen-bond acceptors (Lipinski definition) is 2. The van der Waals surface area contributed by atoms with E-state index in [2.05, 4.69) is 15.9 Å². The van der Waals surface area contributed by atoms with Crippen molar-refractivity contribution in [3.05, 3.63) is 28.2 Å². The molecule has 0 bridgehead atoms. The highest BCUT2D eigenvalue weighted by Gasteiger charge is 2.40. The number of halogens is 4. The molecule has 0 amide bonds. The van der Waals surface area contributed by atoms with Gasteiger partial charge in [0.25, 0.3) is 0 Å². The summed E-state index contributed by atoms with van der Waals surface area (Å²) in [5, 5.41) is 17.9. The summed E-state index contributed by atoms with van der Waals surface area (Å²) in [5.41, 5.74) is -0.563. The van der Waals surface area contributed by atoms with Crippen molar-refractivity contribution in [3.8, 4) is 5.75 Å². The van der Waals surface area contributed by atoms with Gasteiger partial charge in [-0.15, -0.1) is 0 Å². The van der Waals surface area contributed by atoms with Gasteiger partial charge in [0.2, 0.25) is 0 Å². The maximum absolute atomic E-state index is 12.1. The van der Waals surface area contributed by atoms with Crippen LogP contribution in [0.15, 0.2) is 22.7 Å². The minimum atomic E-state index is -4.78. The summed E-state index contributed by atoms with van der Waals surface area (Å²) < 4.78 is 36.6. The lowest BCUT2D eigenvalue weighted by Gasteiger charge is -2.15. The molecular weight excluding hydrogens is 265 g/mol. The Labute approximate surface area is 86.1 Å². The van der Waals surface area contributed by atoms with Gasteiger partial charge in [-0.25, -0.2) is 0 Å². The van der Waals surface area contributed by atoms with E-state index in [0.717, 1.165) is 12.1 Å². The summed E-state index contributed by atoms with van der Waals surface area (Å²) in [7, 11) is 0. The van der Waals surface area contributed by atoms with Crippen LogP contribution < -0.4 is 0 Å². The normalized spacial score (nSPS) is 14.1. The van der Waals surface area contributed by atoms with E-state index in [0.29, 0.717) is 4.47 Å². The molecule has 1 rings (SSSR count). The topological polar surface area (TPSA) is 40.5 Å². The monoisotopic (exact) mass is 270 g/mol. The molecule has 2 nitrogen and oxygen atoms in total. The van der Waals surface area contributed by atoms with Gasteiger partial charge in [-0.1, -0.05) is 15.9 Å². The summed E-state index contributed by atoms with van der Waals surface area (Å²) in [6.07, 6.45) is -7.45. The second-order valence-corrected chi connectivity index (χ2v) is 3.56. The van der Waals surface area contributed by atoms with Crippen LogP contribution in [0.2, 0.25) is 0 Å². The van der Waals surface area contributed by atoms with Crippen molar-refractivity contribution >= 4 is 15.9 Å². The first-order valence-electron chi connectivity index (χ1n) is 3.55. The Bertz CT molecular complexity index is 338. The highest BCUT2D eigenvalue weighted by atomic mass is 79.9. The Hall–Kier alpha value is -0.750. The SMILES string of the molecule is Oc1ccc(Br)cc1[C@H](O)C(F)(F)F. The fourth-order valence-corrected chi connectivity index (χ4v) is 1.30. The van der Waals surface area contributed by atoms with Gasteiger partial charge < -0.3 is 10.2 Å². The first-order valence-corrected chi connectivity index (χ1v) is 4.35. The molecule has 0 radical (unpaired) electrons. The number of hydrogen-bond donors (Lipinski definition) is 2. The predicted octanol–water partition coefficient (Wildman–Crippen LogP) is 2.75. The van der Waals surface area contributed by atoms with Crippen LogP contribution in [0.5, 0.6) is 5.75 Å². The number of aromatic hydroxyl groups is 1. The van der Waals surface area contributed by atoms with Crippen LogP contribution >= 0.6 is 15.9 Å². The maximum atomic E-state index is 12.1. The molecule has 0 unspecified atom stereocenters. The molecule has 0 aliphatic carbocycles. The molecule has 6 heteroatoms. The van der Waals surface area contributed by atoms with Gasteiger partial charge in [-0.05, 0) is 18.2 Å². The average Bonchev–Trinajstić information content (AvgIpc) is 2.06. The Kier molecular flexibility index (Phi) is 3.06. The van der Waals surface area contributed by atoms with Crippen molar-refractivity contribution < 1.29 is 23.4 Å². The number of aliphatic hydroxyl groups excluding tert-OH is 1. The third kappa shape index (κ3) is 2.39. The van der Waals surface area contributed by atoms with E-state index < -0.39 is 23.6 Å². The van der Waals surface area contributed by atoms with Crippen LogP contribution in [0.3, 0.4) is 0 Å². The van der Waals surface area contributed by atoms with Crippen LogP contribution in [-0.4, -0.2) is 16.4 Å². The van der Waals surface area contributed by atoms with Crippen molar-refractivity contribution in [2.75, 3.05) is 0 Å². The van der Waals surface area contributed by atoms with Crippen LogP contribution in [0.1, 0.15) is 11.7 Å². The molecule has 78 valence electrons. The highest BCUT2D eigenvalue weighted by Crippen LogP contribution is 2.37. The fraction of sp³-hybridized carbons (Fsp3) is 0.250. The summed E-state index contributed by atoms with van der Waals surface area (Å²) in [5.74, 6) is -0.585. The third-order valence-corrected chi connectivity index (χ3v) is 2.09. The van der Waals surface area contributed by atoms with E-state index >= 15 is 0 Å². The van der Waals surface area contributed by atoms with Crippen molar-refractivity contribution in [1.29, 1.82) is 0 Å². The van der Waals surface area contributed by atoms with Crippen molar-refractivity contribution in [2.45, 2.75) is 12.3 Å². The van der Waals surface area contributed by atoms with Gasteiger partial charge in [0, 0.05) is 10.0 Å². The molecule has 0 aliphatic heterocycles. The number of alkyl halides is 3. The van der Waals surface area contributed by atoms with E-state index in [1.54, 1.807) is 0 Å². The minimum absolute atomic E-state index is 0.355. The van der Waals surface area contributed by atoms with E-state index in [4.69, 9.17) is 10.2 Å².